The zero-order chi connectivity index (χ0) is 18.1. The lowest BCUT2D eigenvalue weighted by Crippen LogP contribution is -2.42. The fraction of sp³-hybridized carbons (Fsp3) is 0.263. The minimum Gasteiger partial charge on any atom is -0.486 e. The molecule has 2 aromatic rings. The van der Waals surface area contributed by atoms with E-state index in [1.807, 2.05) is 24.3 Å². The molecule has 1 aliphatic carbocycles. The van der Waals surface area contributed by atoms with E-state index >= 15 is 0 Å². The van der Waals surface area contributed by atoms with Crippen molar-refractivity contribution >= 4 is 27.7 Å². The van der Waals surface area contributed by atoms with Crippen LogP contribution in [0.5, 0.6) is 11.5 Å². The largest absolute Gasteiger partial charge is 0.486 e. The molecule has 0 bridgehead atoms. The van der Waals surface area contributed by atoms with Gasteiger partial charge in [-0.1, -0.05) is 28.1 Å². The molecule has 1 aliphatic heterocycles. The third kappa shape index (κ3) is 3.53. The maximum absolute atomic E-state index is 12.2. The van der Waals surface area contributed by atoms with Crippen molar-refractivity contribution in [1.29, 1.82) is 0 Å². The van der Waals surface area contributed by atoms with E-state index in [9.17, 15) is 9.59 Å². The topological polar surface area (TPSA) is 76.7 Å². The molecule has 2 unspecified atom stereocenters. The summed E-state index contributed by atoms with van der Waals surface area (Å²) in [5, 5.41) is 0. The summed E-state index contributed by atoms with van der Waals surface area (Å²) in [6, 6.07) is 12.9. The molecule has 2 aromatic carbocycles. The quantitative estimate of drug-likeness (QED) is 0.754. The lowest BCUT2D eigenvalue weighted by atomic mass is 10.1. The van der Waals surface area contributed by atoms with Crippen molar-refractivity contribution in [2.45, 2.75) is 12.3 Å². The molecule has 134 valence electrons. The summed E-state index contributed by atoms with van der Waals surface area (Å²) in [4.78, 5) is 24.5. The number of carbonyl (C=O) groups is 2. The Morgan fingerprint density at radius 3 is 2.46 bits per heavy atom. The first-order valence-corrected chi connectivity index (χ1v) is 9.16. The van der Waals surface area contributed by atoms with Gasteiger partial charge in [-0.15, -0.1) is 0 Å². The van der Waals surface area contributed by atoms with Gasteiger partial charge in [0.2, 0.25) is 5.91 Å². The number of ether oxygens (including phenoxy) is 2. The van der Waals surface area contributed by atoms with E-state index < -0.39 is 5.91 Å². The molecule has 1 heterocycles. The highest BCUT2D eigenvalue weighted by atomic mass is 79.9. The van der Waals surface area contributed by atoms with E-state index in [1.54, 1.807) is 18.2 Å². The van der Waals surface area contributed by atoms with Gasteiger partial charge in [0.25, 0.3) is 5.91 Å². The summed E-state index contributed by atoms with van der Waals surface area (Å²) >= 11 is 3.40. The number of fused-ring (bicyclic) bond motifs is 1. The van der Waals surface area contributed by atoms with Crippen LogP contribution in [0, 0.1) is 5.92 Å². The van der Waals surface area contributed by atoms with Crippen LogP contribution in [-0.4, -0.2) is 25.0 Å². The zero-order valence-corrected chi connectivity index (χ0v) is 15.4. The zero-order valence-electron chi connectivity index (χ0n) is 13.8. The Balaban J connectivity index is 1.32. The fourth-order valence-corrected chi connectivity index (χ4v) is 3.30. The van der Waals surface area contributed by atoms with Gasteiger partial charge in [-0.3, -0.25) is 20.4 Å². The highest BCUT2D eigenvalue weighted by molar-refractivity contribution is 9.10. The van der Waals surface area contributed by atoms with Gasteiger partial charge in [-0.25, -0.2) is 0 Å². The van der Waals surface area contributed by atoms with E-state index in [1.165, 1.54) is 0 Å². The second kappa shape index (κ2) is 6.99. The predicted octanol–water partition coefficient (Wildman–Crippen LogP) is 2.79. The summed E-state index contributed by atoms with van der Waals surface area (Å²) < 4.78 is 11.9. The van der Waals surface area contributed by atoms with Crippen molar-refractivity contribution in [2.24, 2.45) is 5.92 Å². The van der Waals surface area contributed by atoms with E-state index in [0.717, 1.165) is 16.5 Å². The lowest BCUT2D eigenvalue weighted by molar-refractivity contribution is -0.123. The normalized spacial score (nSPS) is 20.2. The lowest BCUT2D eigenvalue weighted by Gasteiger charge is -2.18. The van der Waals surface area contributed by atoms with Crippen LogP contribution in [0.25, 0.3) is 0 Å². The number of amides is 2. The molecule has 2 N–H and O–H groups in total. The van der Waals surface area contributed by atoms with Crippen molar-refractivity contribution < 1.29 is 19.1 Å². The molecule has 26 heavy (non-hydrogen) atoms. The summed E-state index contributed by atoms with van der Waals surface area (Å²) in [5.74, 6) is 0.672. The molecule has 0 saturated heterocycles. The molecule has 2 atom stereocenters. The molecule has 4 rings (SSSR count). The van der Waals surface area contributed by atoms with Crippen molar-refractivity contribution in [3.8, 4) is 11.5 Å². The SMILES string of the molecule is O=C(NNC(=O)C1CC1c1ccc(Br)cc1)c1ccc2c(c1)OCCO2. The number of benzene rings is 2. The maximum atomic E-state index is 12.2. The Bertz CT molecular complexity index is 853. The minimum absolute atomic E-state index is 0.114. The van der Waals surface area contributed by atoms with Crippen LogP contribution in [0.3, 0.4) is 0 Å². The number of nitrogens with one attached hydrogen (secondary N) is 2. The van der Waals surface area contributed by atoms with Gasteiger partial charge in [0, 0.05) is 16.0 Å². The van der Waals surface area contributed by atoms with Crippen LogP contribution in [0.15, 0.2) is 46.9 Å². The summed E-state index contributed by atoms with van der Waals surface area (Å²) in [6.07, 6.45) is 0.785. The fourth-order valence-electron chi connectivity index (χ4n) is 3.03. The van der Waals surface area contributed by atoms with Gasteiger partial charge >= 0.3 is 0 Å². The Morgan fingerprint density at radius 2 is 1.69 bits per heavy atom. The van der Waals surface area contributed by atoms with Crippen molar-refractivity contribution in [2.75, 3.05) is 13.2 Å². The number of rotatable bonds is 3. The van der Waals surface area contributed by atoms with Crippen LogP contribution in [0.2, 0.25) is 0 Å². The van der Waals surface area contributed by atoms with E-state index in [4.69, 9.17) is 9.47 Å². The Labute approximate surface area is 159 Å². The molecular formula is C19H17BrN2O4. The Hall–Kier alpha value is -2.54. The van der Waals surface area contributed by atoms with Crippen LogP contribution in [0.1, 0.15) is 28.3 Å². The van der Waals surface area contributed by atoms with Gasteiger partial charge in [-0.2, -0.15) is 0 Å². The van der Waals surface area contributed by atoms with Gasteiger partial charge in [-0.05, 0) is 48.2 Å². The Morgan fingerprint density at radius 1 is 0.962 bits per heavy atom. The molecular weight excluding hydrogens is 400 g/mol. The van der Waals surface area contributed by atoms with Gasteiger partial charge < -0.3 is 9.47 Å². The number of halogens is 1. The molecule has 2 aliphatic rings. The highest BCUT2D eigenvalue weighted by Crippen LogP contribution is 2.47. The van der Waals surface area contributed by atoms with Gasteiger partial charge in [0.05, 0.1) is 0 Å². The number of hydrogen-bond donors (Lipinski definition) is 2. The van der Waals surface area contributed by atoms with Crippen LogP contribution in [0.4, 0.5) is 0 Å². The molecule has 0 radical (unpaired) electrons. The van der Waals surface area contributed by atoms with Gasteiger partial charge in [0.15, 0.2) is 11.5 Å². The molecule has 1 fully saturated rings. The second-order valence-electron chi connectivity index (χ2n) is 6.30. The second-order valence-corrected chi connectivity index (χ2v) is 7.22. The molecule has 7 heteroatoms. The van der Waals surface area contributed by atoms with Crippen molar-refractivity contribution in [3.05, 3.63) is 58.1 Å². The van der Waals surface area contributed by atoms with Crippen LogP contribution >= 0.6 is 15.9 Å². The van der Waals surface area contributed by atoms with Gasteiger partial charge in [0.1, 0.15) is 13.2 Å². The number of carbonyl (C=O) groups excluding carboxylic acids is 2. The number of hydrogen-bond acceptors (Lipinski definition) is 4. The van der Waals surface area contributed by atoms with E-state index in [0.29, 0.717) is 30.3 Å². The minimum atomic E-state index is -0.392. The smallest absolute Gasteiger partial charge is 0.269 e. The molecule has 6 nitrogen and oxygen atoms in total. The first kappa shape index (κ1) is 16.9. The highest BCUT2D eigenvalue weighted by Gasteiger charge is 2.44. The first-order valence-electron chi connectivity index (χ1n) is 8.37. The number of hydrazine groups is 1. The van der Waals surface area contributed by atoms with Crippen LogP contribution in [-0.2, 0) is 4.79 Å². The first-order chi connectivity index (χ1) is 12.6. The Kier molecular flexibility index (Phi) is 4.55. The average molecular weight is 417 g/mol. The third-order valence-electron chi connectivity index (χ3n) is 4.53. The monoisotopic (exact) mass is 416 g/mol. The molecule has 1 saturated carbocycles. The van der Waals surface area contributed by atoms with Crippen molar-refractivity contribution in [3.63, 3.8) is 0 Å². The summed E-state index contributed by atoms with van der Waals surface area (Å²) in [5.41, 5.74) is 6.51. The standard InChI is InChI=1S/C19H17BrN2O4/c20-13-4-1-11(2-5-13)14-10-15(14)19(24)22-21-18(23)12-3-6-16-17(9-12)26-8-7-25-16/h1-6,9,14-15H,7-8,10H2,(H,21,23)(H,22,24). The molecule has 2 amide bonds. The summed E-state index contributed by atoms with van der Waals surface area (Å²) in [7, 11) is 0. The van der Waals surface area contributed by atoms with E-state index in [-0.39, 0.29) is 17.7 Å². The average Bonchev–Trinajstić information content (AvgIpc) is 3.47. The maximum Gasteiger partial charge on any atom is 0.269 e. The molecule has 0 aromatic heterocycles. The summed E-state index contributed by atoms with van der Waals surface area (Å²) in [6.45, 7) is 0.948. The van der Waals surface area contributed by atoms with Crippen LogP contribution < -0.4 is 20.3 Å². The predicted molar refractivity (Wildman–Crippen MR) is 98.0 cm³/mol. The molecule has 0 spiro atoms. The van der Waals surface area contributed by atoms with E-state index in [2.05, 4.69) is 26.8 Å². The van der Waals surface area contributed by atoms with Crippen molar-refractivity contribution in [1.82, 2.24) is 10.9 Å². The third-order valence-corrected chi connectivity index (χ3v) is 5.06.